The highest BCUT2D eigenvalue weighted by molar-refractivity contribution is 14.1. The molecule has 0 aliphatic rings. The fraction of sp³-hybridized carbons (Fsp3) is 0.111. The molecule has 0 atom stereocenters. The van der Waals surface area contributed by atoms with E-state index in [0.717, 1.165) is 3.57 Å². The number of benzene rings is 1. The Hall–Kier alpha value is -1.11. The van der Waals surface area contributed by atoms with Crippen molar-refractivity contribution in [3.63, 3.8) is 0 Å². The zero-order valence-electron chi connectivity index (χ0n) is 7.41. The van der Waals surface area contributed by atoms with Gasteiger partial charge in [-0.3, -0.25) is 9.59 Å². The average Bonchev–Trinajstić information content (AvgIpc) is 2.16. The molecule has 74 valence electrons. The van der Waals surface area contributed by atoms with Gasteiger partial charge in [-0.2, -0.15) is 0 Å². The first-order chi connectivity index (χ1) is 6.60. The number of halogens is 1. The summed E-state index contributed by atoms with van der Waals surface area (Å²) < 4.78 is 5.71. The Kier molecular flexibility index (Phi) is 3.45. The quantitative estimate of drug-likeness (QED) is 0.674. The number of primary amides is 1. The third-order valence-electron chi connectivity index (χ3n) is 1.68. The maximum Gasteiger partial charge on any atom is 0.252 e. The third kappa shape index (κ3) is 2.03. The summed E-state index contributed by atoms with van der Waals surface area (Å²) >= 11 is 2.00. The van der Waals surface area contributed by atoms with Crippen LogP contribution in [0.1, 0.15) is 20.7 Å². The molecule has 1 amide bonds. The largest absolute Gasteiger partial charge is 0.495 e. The molecule has 0 saturated carbocycles. The molecule has 0 heterocycles. The Morgan fingerprint density at radius 2 is 2.21 bits per heavy atom. The molecule has 14 heavy (non-hydrogen) atoms. The van der Waals surface area contributed by atoms with Crippen molar-refractivity contribution in [3.05, 3.63) is 26.8 Å². The molecule has 4 nitrogen and oxygen atoms in total. The number of hydrogen-bond acceptors (Lipinski definition) is 3. The lowest BCUT2D eigenvalue weighted by Crippen LogP contribution is -2.13. The third-order valence-corrected chi connectivity index (χ3v) is 2.30. The lowest BCUT2D eigenvalue weighted by atomic mass is 10.1. The van der Waals surface area contributed by atoms with Crippen LogP contribution in [0.2, 0.25) is 0 Å². The molecule has 5 heteroatoms. The van der Waals surface area contributed by atoms with Crippen molar-refractivity contribution >= 4 is 34.8 Å². The van der Waals surface area contributed by atoms with Gasteiger partial charge in [0.2, 0.25) is 0 Å². The van der Waals surface area contributed by atoms with Crippen LogP contribution in [0.3, 0.4) is 0 Å². The molecular weight excluding hydrogens is 297 g/mol. The van der Waals surface area contributed by atoms with Gasteiger partial charge in [0.1, 0.15) is 5.75 Å². The molecule has 0 aliphatic carbocycles. The van der Waals surface area contributed by atoms with E-state index in [-0.39, 0.29) is 11.3 Å². The molecule has 0 aromatic heterocycles. The van der Waals surface area contributed by atoms with Crippen LogP contribution in [-0.4, -0.2) is 19.3 Å². The van der Waals surface area contributed by atoms with E-state index in [2.05, 4.69) is 0 Å². The van der Waals surface area contributed by atoms with E-state index in [4.69, 9.17) is 10.5 Å². The highest BCUT2D eigenvalue weighted by Gasteiger charge is 2.14. The Balaban J connectivity index is 3.46. The number of aldehydes is 1. The first kappa shape index (κ1) is 11.0. The molecule has 1 aromatic rings. The van der Waals surface area contributed by atoms with Crippen molar-refractivity contribution in [3.8, 4) is 5.75 Å². The average molecular weight is 305 g/mol. The lowest BCUT2D eigenvalue weighted by Gasteiger charge is -2.08. The van der Waals surface area contributed by atoms with Gasteiger partial charge in [0, 0.05) is 3.57 Å². The molecule has 0 unspecified atom stereocenters. The maximum atomic E-state index is 11.0. The van der Waals surface area contributed by atoms with Crippen molar-refractivity contribution in [1.82, 2.24) is 0 Å². The molecular formula is C9H8INO3. The fourth-order valence-electron chi connectivity index (χ4n) is 1.11. The molecule has 2 N–H and O–H groups in total. The van der Waals surface area contributed by atoms with Gasteiger partial charge >= 0.3 is 0 Å². The van der Waals surface area contributed by atoms with E-state index in [1.807, 2.05) is 22.6 Å². The summed E-state index contributed by atoms with van der Waals surface area (Å²) in [6.07, 6.45) is 0.632. The van der Waals surface area contributed by atoms with Crippen molar-refractivity contribution in [2.75, 3.05) is 7.11 Å². The minimum atomic E-state index is -0.608. The SMILES string of the molecule is COc1c(C=O)cc(I)cc1C(N)=O. The predicted molar refractivity (Wildman–Crippen MR) is 59.6 cm³/mol. The van der Waals surface area contributed by atoms with E-state index in [9.17, 15) is 9.59 Å². The smallest absolute Gasteiger partial charge is 0.252 e. The zero-order valence-corrected chi connectivity index (χ0v) is 9.57. The Morgan fingerprint density at radius 3 is 2.64 bits per heavy atom. The number of carbonyl (C=O) groups excluding carboxylic acids is 2. The fourth-order valence-corrected chi connectivity index (χ4v) is 1.76. The normalized spacial score (nSPS) is 9.57. The first-order valence-electron chi connectivity index (χ1n) is 3.72. The summed E-state index contributed by atoms with van der Waals surface area (Å²) in [5, 5.41) is 0. The van der Waals surface area contributed by atoms with Gasteiger partial charge in [-0.1, -0.05) is 0 Å². The molecule has 0 fully saturated rings. The number of carbonyl (C=O) groups is 2. The monoisotopic (exact) mass is 305 g/mol. The number of nitrogens with two attached hydrogens (primary N) is 1. The minimum Gasteiger partial charge on any atom is -0.495 e. The van der Waals surface area contributed by atoms with Gasteiger partial charge in [0.15, 0.2) is 6.29 Å². The number of hydrogen-bond donors (Lipinski definition) is 1. The van der Waals surface area contributed by atoms with E-state index >= 15 is 0 Å². The second-order valence-corrected chi connectivity index (χ2v) is 3.80. The summed E-state index contributed by atoms with van der Waals surface area (Å²) in [6.45, 7) is 0. The van der Waals surface area contributed by atoms with E-state index in [1.165, 1.54) is 7.11 Å². The molecule has 0 spiro atoms. The second-order valence-electron chi connectivity index (χ2n) is 2.56. The Labute approximate surface area is 94.6 Å². The van der Waals surface area contributed by atoms with Crippen LogP contribution in [0.25, 0.3) is 0 Å². The highest BCUT2D eigenvalue weighted by atomic mass is 127. The number of amides is 1. The molecule has 0 saturated heterocycles. The molecule has 0 aliphatic heterocycles. The van der Waals surface area contributed by atoms with Crippen LogP contribution in [0.5, 0.6) is 5.75 Å². The number of methoxy groups -OCH3 is 1. The van der Waals surface area contributed by atoms with E-state index in [0.29, 0.717) is 11.8 Å². The van der Waals surface area contributed by atoms with Crippen LogP contribution in [-0.2, 0) is 0 Å². The van der Waals surface area contributed by atoms with Crippen molar-refractivity contribution in [2.45, 2.75) is 0 Å². The van der Waals surface area contributed by atoms with Crippen molar-refractivity contribution in [2.24, 2.45) is 5.73 Å². The standard InChI is InChI=1S/C9H8INO3/c1-14-8-5(4-12)2-6(10)3-7(8)9(11)13/h2-4H,1H3,(H2,11,13). The summed E-state index contributed by atoms with van der Waals surface area (Å²) in [7, 11) is 1.39. The van der Waals surface area contributed by atoms with Gasteiger partial charge in [0.25, 0.3) is 5.91 Å². The van der Waals surface area contributed by atoms with E-state index < -0.39 is 5.91 Å². The predicted octanol–water partition coefficient (Wildman–Crippen LogP) is 1.21. The van der Waals surface area contributed by atoms with Crippen LogP contribution in [0.15, 0.2) is 12.1 Å². The lowest BCUT2D eigenvalue weighted by molar-refractivity contribution is 0.0997. The number of ether oxygens (including phenoxy) is 1. The second kappa shape index (κ2) is 4.41. The van der Waals surface area contributed by atoms with Gasteiger partial charge in [-0.15, -0.1) is 0 Å². The van der Waals surface area contributed by atoms with Gasteiger partial charge < -0.3 is 10.5 Å². The van der Waals surface area contributed by atoms with Crippen molar-refractivity contribution < 1.29 is 14.3 Å². The topological polar surface area (TPSA) is 69.4 Å². The summed E-state index contributed by atoms with van der Waals surface area (Å²) in [6, 6.07) is 3.20. The molecule has 0 bridgehead atoms. The van der Waals surface area contributed by atoms with Gasteiger partial charge in [-0.05, 0) is 34.7 Å². The van der Waals surface area contributed by atoms with E-state index in [1.54, 1.807) is 12.1 Å². The first-order valence-corrected chi connectivity index (χ1v) is 4.80. The number of rotatable bonds is 3. The highest BCUT2D eigenvalue weighted by Crippen LogP contribution is 2.24. The summed E-state index contributed by atoms with van der Waals surface area (Å²) in [5.74, 6) is -0.378. The van der Waals surface area contributed by atoms with Crippen LogP contribution in [0, 0.1) is 3.57 Å². The zero-order chi connectivity index (χ0) is 10.7. The molecule has 1 rings (SSSR count). The van der Waals surface area contributed by atoms with Gasteiger partial charge in [-0.25, -0.2) is 0 Å². The molecule has 1 aromatic carbocycles. The molecule has 0 radical (unpaired) electrons. The Bertz CT molecular complexity index is 390. The van der Waals surface area contributed by atoms with Crippen molar-refractivity contribution in [1.29, 1.82) is 0 Å². The minimum absolute atomic E-state index is 0.224. The van der Waals surface area contributed by atoms with Crippen LogP contribution < -0.4 is 10.5 Å². The summed E-state index contributed by atoms with van der Waals surface area (Å²) in [4.78, 5) is 21.7. The van der Waals surface area contributed by atoms with Crippen LogP contribution in [0.4, 0.5) is 0 Å². The Morgan fingerprint density at radius 1 is 1.57 bits per heavy atom. The van der Waals surface area contributed by atoms with Crippen LogP contribution >= 0.6 is 22.6 Å². The maximum absolute atomic E-state index is 11.0. The van der Waals surface area contributed by atoms with Gasteiger partial charge in [0.05, 0.1) is 18.2 Å². The summed E-state index contributed by atoms with van der Waals surface area (Å²) in [5.41, 5.74) is 5.70.